The Hall–Kier alpha value is -1.30. The van der Waals surface area contributed by atoms with Crippen LogP contribution in [-0.4, -0.2) is 53.8 Å². The molecular formula is C15H21ClN2O3. The van der Waals surface area contributed by atoms with Crippen LogP contribution >= 0.6 is 11.6 Å². The van der Waals surface area contributed by atoms with Crippen molar-refractivity contribution >= 4 is 17.7 Å². The molecule has 1 aliphatic rings. The second-order valence-electron chi connectivity index (χ2n) is 5.14. The maximum atomic E-state index is 11.5. The molecule has 1 aromatic carbocycles. The van der Waals surface area contributed by atoms with Gasteiger partial charge in [-0.2, -0.15) is 0 Å². The quantitative estimate of drug-likeness (QED) is 0.811. The normalized spacial score (nSPS) is 22.8. The van der Waals surface area contributed by atoms with Gasteiger partial charge in [0.2, 0.25) is 0 Å². The van der Waals surface area contributed by atoms with Crippen LogP contribution in [0.3, 0.4) is 0 Å². The van der Waals surface area contributed by atoms with Crippen molar-refractivity contribution in [1.29, 1.82) is 0 Å². The highest BCUT2D eigenvalue weighted by molar-refractivity contribution is 6.18. The summed E-state index contributed by atoms with van der Waals surface area (Å²) in [5.41, 5.74) is 1.21. The number of likely N-dealkylation sites (tertiary alicyclic amines) is 1. The van der Waals surface area contributed by atoms with E-state index in [1.54, 1.807) is 0 Å². The van der Waals surface area contributed by atoms with Crippen LogP contribution in [0.15, 0.2) is 30.3 Å². The smallest absolute Gasteiger partial charge is 0.407 e. The second kappa shape index (κ2) is 8.22. The average Bonchev–Trinajstić information content (AvgIpc) is 2.49. The standard InChI is InChI=1S/C15H21ClN2O3/c16-7-8-17-15(20)21-14-6-9-18(11-13(14)19)10-12-4-2-1-3-5-12/h1-5,13-14,19H,6-11H2,(H,17,20). The Morgan fingerprint density at radius 3 is 2.86 bits per heavy atom. The van der Waals surface area contributed by atoms with Gasteiger partial charge in [-0.3, -0.25) is 4.90 Å². The third kappa shape index (κ3) is 5.19. The number of alkyl carbamates (subject to hydrolysis) is 1. The predicted molar refractivity (Wildman–Crippen MR) is 81.3 cm³/mol. The Balaban J connectivity index is 1.78. The number of amides is 1. The topological polar surface area (TPSA) is 61.8 Å². The molecule has 0 bridgehead atoms. The lowest BCUT2D eigenvalue weighted by Gasteiger charge is -2.35. The Morgan fingerprint density at radius 1 is 1.43 bits per heavy atom. The Kier molecular flexibility index (Phi) is 6.29. The molecule has 1 amide bonds. The summed E-state index contributed by atoms with van der Waals surface area (Å²) in [6.07, 6.45) is -1.00. The minimum atomic E-state index is -0.663. The minimum absolute atomic E-state index is 0.340. The summed E-state index contributed by atoms with van der Waals surface area (Å²) in [5.74, 6) is 0.340. The first-order chi connectivity index (χ1) is 10.2. The Bertz CT molecular complexity index is 444. The number of carbonyl (C=O) groups excluding carboxylic acids is 1. The highest BCUT2D eigenvalue weighted by Gasteiger charge is 2.30. The summed E-state index contributed by atoms with van der Waals surface area (Å²) in [7, 11) is 0. The first-order valence-corrected chi connectivity index (χ1v) is 7.67. The molecule has 0 spiro atoms. The largest absolute Gasteiger partial charge is 0.443 e. The van der Waals surface area contributed by atoms with E-state index in [4.69, 9.17) is 16.3 Å². The van der Waals surface area contributed by atoms with Crippen LogP contribution in [0.1, 0.15) is 12.0 Å². The van der Waals surface area contributed by atoms with Crippen molar-refractivity contribution in [3.8, 4) is 0 Å². The molecule has 5 nitrogen and oxygen atoms in total. The zero-order valence-corrected chi connectivity index (χ0v) is 12.6. The van der Waals surface area contributed by atoms with Crippen molar-refractivity contribution in [2.24, 2.45) is 0 Å². The number of β-amino-alcohol motifs (C(OH)–C–C–N with tert-alkyl or cyclic N) is 1. The van der Waals surface area contributed by atoms with Gasteiger partial charge in [0.15, 0.2) is 0 Å². The molecule has 2 rings (SSSR count). The first kappa shape index (κ1) is 16.1. The van der Waals surface area contributed by atoms with Gasteiger partial charge in [0, 0.05) is 32.1 Å². The van der Waals surface area contributed by atoms with Crippen molar-refractivity contribution < 1.29 is 14.6 Å². The van der Waals surface area contributed by atoms with Gasteiger partial charge in [0.1, 0.15) is 12.2 Å². The molecule has 2 atom stereocenters. The molecule has 21 heavy (non-hydrogen) atoms. The van der Waals surface area contributed by atoms with Crippen LogP contribution in [0.4, 0.5) is 4.79 Å². The molecule has 1 aromatic rings. The minimum Gasteiger partial charge on any atom is -0.443 e. The van der Waals surface area contributed by atoms with E-state index in [2.05, 4.69) is 22.3 Å². The molecule has 1 saturated heterocycles. The molecule has 0 aromatic heterocycles. The van der Waals surface area contributed by atoms with E-state index >= 15 is 0 Å². The molecule has 1 fully saturated rings. The van der Waals surface area contributed by atoms with E-state index in [0.717, 1.165) is 13.1 Å². The molecule has 1 heterocycles. The van der Waals surface area contributed by atoms with E-state index in [9.17, 15) is 9.90 Å². The van der Waals surface area contributed by atoms with Gasteiger partial charge in [0.25, 0.3) is 0 Å². The summed E-state index contributed by atoms with van der Waals surface area (Å²) in [4.78, 5) is 13.6. The fourth-order valence-electron chi connectivity index (χ4n) is 2.43. The molecule has 1 aliphatic heterocycles. The van der Waals surface area contributed by atoms with Crippen molar-refractivity contribution in [3.63, 3.8) is 0 Å². The first-order valence-electron chi connectivity index (χ1n) is 7.14. The maximum absolute atomic E-state index is 11.5. The van der Waals surface area contributed by atoms with Crippen molar-refractivity contribution in [2.75, 3.05) is 25.5 Å². The number of aliphatic hydroxyl groups is 1. The van der Waals surface area contributed by atoms with Crippen LogP contribution in [0, 0.1) is 0 Å². The van der Waals surface area contributed by atoms with Crippen LogP contribution in [0.25, 0.3) is 0 Å². The number of nitrogens with zero attached hydrogens (tertiary/aromatic N) is 1. The summed E-state index contributed by atoms with van der Waals surface area (Å²) in [5, 5.41) is 12.7. The number of piperidine rings is 1. The van der Waals surface area contributed by atoms with Crippen LogP contribution in [0.5, 0.6) is 0 Å². The molecule has 2 unspecified atom stereocenters. The molecule has 116 valence electrons. The summed E-state index contributed by atoms with van der Waals surface area (Å²) in [6.45, 7) is 2.45. The fourth-order valence-corrected chi connectivity index (χ4v) is 2.52. The van der Waals surface area contributed by atoms with Crippen LogP contribution < -0.4 is 5.32 Å². The summed E-state index contributed by atoms with van der Waals surface area (Å²) in [6, 6.07) is 10.1. The Morgan fingerprint density at radius 2 is 2.19 bits per heavy atom. The number of alkyl halides is 1. The number of hydrogen-bond acceptors (Lipinski definition) is 4. The number of halogens is 1. The zero-order valence-electron chi connectivity index (χ0n) is 11.9. The SMILES string of the molecule is O=C(NCCCl)OC1CCN(Cc2ccccc2)CC1O. The van der Waals surface area contributed by atoms with E-state index in [1.165, 1.54) is 5.56 Å². The van der Waals surface area contributed by atoms with Crippen molar-refractivity contribution in [2.45, 2.75) is 25.2 Å². The lowest BCUT2D eigenvalue weighted by atomic mass is 10.0. The van der Waals surface area contributed by atoms with Crippen LogP contribution in [0.2, 0.25) is 0 Å². The van der Waals surface area contributed by atoms with E-state index < -0.39 is 18.3 Å². The van der Waals surface area contributed by atoms with E-state index in [0.29, 0.717) is 25.4 Å². The van der Waals surface area contributed by atoms with Gasteiger partial charge in [-0.1, -0.05) is 30.3 Å². The number of nitrogens with one attached hydrogen (secondary N) is 1. The van der Waals surface area contributed by atoms with E-state index in [1.807, 2.05) is 18.2 Å². The molecule has 2 N–H and O–H groups in total. The maximum Gasteiger partial charge on any atom is 0.407 e. The summed E-state index contributed by atoms with van der Waals surface area (Å²) < 4.78 is 5.22. The second-order valence-corrected chi connectivity index (χ2v) is 5.51. The predicted octanol–water partition coefficient (Wildman–Crippen LogP) is 1.59. The van der Waals surface area contributed by atoms with Gasteiger partial charge < -0.3 is 15.2 Å². The summed E-state index contributed by atoms with van der Waals surface area (Å²) >= 11 is 5.49. The Labute approximate surface area is 129 Å². The number of rotatable bonds is 5. The van der Waals surface area contributed by atoms with Crippen molar-refractivity contribution in [1.82, 2.24) is 10.2 Å². The van der Waals surface area contributed by atoms with Crippen molar-refractivity contribution in [3.05, 3.63) is 35.9 Å². The highest BCUT2D eigenvalue weighted by Crippen LogP contribution is 2.17. The number of benzene rings is 1. The van der Waals surface area contributed by atoms with Gasteiger partial charge >= 0.3 is 6.09 Å². The van der Waals surface area contributed by atoms with Crippen LogP contribution in [-0.2, 0) is 11.3 Å². The zero-order chi connectivity index (χ0) is 15.1. The van der Waals surface area contributed by atoms with Gasteiger partial charge in [-0.05, 0) is 12.0 Å². The average molecular weight is 313 g/mol. The van der Waals surface area contributed by atoms with Gasteiger partial charge in [0.05, 0.1) is 0 Å². The lowest BCUT2D eigenvalue weighted by Crippen LogP contribution is -2.49. The number of ether oxygens (including phenoxy) is 1. The third-order valence-electron chi connectivity index (χ3n) is 3.48. The fraction of sp³-hybridized carbons (Fsp3) is 0.533. The number of hydrogen-bond donors (Lipinski definition) is 2. The van der Waals surface area contributed by atoms with Gasteiger partial charge in [-0.25, -0.2) is 4.79 Å². The monoisotopic (exact) mass is 312 g/mol. The van der Waals surface area contributed by atoms with E-state index in [-0.39, 0.29) is 0 Å². The number of carbonyl (C=O) groups is 1. The molecular weight excluding hydrogens is 292 g/mol. The molecule has 0 saturated carbocycles. The third-order valence-corrected chi connectivity index (χ3v) is 3.66. The number of aliphatic hydroxyl groups excluding tert-OH is 1. The highest BCUT2D eigenvalue weighted by atomic mass is 35.5. The lowest BCUT2D eigenvalue weighted by molar-refractivity contribution is -0.0479. The molecule has 6 heteroatoms. The molecule has 0 radical (unpaired) electrons. The van der Waals surface area contributed by atoms with Gasteiger partial charge in [-0.15, -0.1) is 11.6 Å². The molecule has 0 aliphatic carbocycles.